The highest BCUT2D eigenvalue weighted by Gasteiger charge is 2.42. The van der Waals surface area contributed by atoms with Crippen molar-refractivity contribution in [3.8, 4) is 0 Å². The zero-order valence-corrected chi connectivity index (χ0v) is 6.61. The third kappa shape index (κ3) is 1.16. The van der Waals surface area contributed by atoms with E-state index in [1.54, 1.807) is 0 Å². The molecular formula is C6H8N2O4. The summed E-state index contributed by atoms with van der Waals surface area (Å²) in [4.78, 5) is 15.2. The highest BCUT2D eigenvalue weighted by atomic mass is 16.7. The molecule has 0 bridgehead atoms. The predicted molar refractivity (Wildman–Crippen MR) is 39.0 cm³/mol. The summed E-state index contributed by atoms with van der Waals surface area (Å²) in [5, 5.41) is 23.7. The molecule has 6 heteroatoms. The van der Waals surface area contributed by atoms with E-state index in [4.69, 9.17) is 5.21 Å². The SMILES string of the molecule is CC(=O)C1=NOC(C)(O)/C1=N/O. The van der Waals surface area contributed by atoms with Gasteiger partial charge in [-0.1, -0.05) is 10.3 Å². The molecule has 66 valence electrons. The first-order valence-corrected chi connectivity index (χ1v) is 3.21. The quantitative estimate of drug-likeness (QED) is 0.412. The normalized spacial score (nSPS) is 31.6. The minimum Gasteiger partial charge on any atom is -0.410 e. The Morgan fingerprint density at radius 3 is 2.67 bits per heavy atom. The number of hydrogen-bond acceptors (Lipinski definition) is 6. The van der Waals surface area contributed by atoms with Gasteiger partial charge in [0.1, 0.15) is 0 Å². The lowest BCUT2D eigenvalue weighted by Gasteiger charge is -2.12. The number of oxime groups is 2. The highest BCUT2D eigenvalue weighted by Crippen LogP contribution is 2.17. The van der Waals surface area contributed by atoms with Crippen LogP contribution in [-0.4, -0.2) is 33.3 Å². The predicted octanol–water partition coefficient (Wildman–Crippen LogP) is -0.500. The summed E-state index contributed by atoms with van der Waals surface area (Å²) >= 11 is 0. The molecule has 0 saturated heterocycles. The molecule has 1 unspecified atom stereocenters. The Morgan fingerprint density at radius 1 is 1.75 bits per heavy atom. The summed E-state index contributed by atoms with van der Waals surface area (Å²) in [6.07, 6.45) is 0. The van der Waals surface area contributed by atoms with Crippen LogP contribution in [0.5, 0.6) is 0 Å². The fourth-order valence-electron chi connectivity index (χ4n) is 0.812. The van der Waals surface area contributed by atoms with Gasteiger partial charge in [-0.2, -0.15) is 0 Å². The molecular weight excluding hydrogens is 164 g/mol. The first-order chi connectivity index (χ1) is 5.49. The van der Waals surface area contributed by atoms with E-state index in [2.05, 4.69) is 15.1 Å². The van der Waals surface area contributed by atoms with Crippen molar-refractivity contribution in [2.75, 3.05) is 0 Å². The average molecular weight is 172 g/mol. The average Bonchev–Trinajstić information content (AvgIpc) is 2.24. The van der Waals surface area contributed by atoms with Gasteiger partial charge < -0.3 is 15.2 Å². The van der Waals surface area contributed by atoms with Crippen LogP contribution in [0.3, 0.4) is 0 Å². The number of Topliss-reactive ketones (excluding diaryl/α,β-unsaturated/α-hetero) is 1. The summed E-state index contributed by atoms with van der Waals surface area (Å²) in [6, 6.07) is 0. The van der Waals surface area contributed by atoms with E-state index in [1.807, 2.05) is 0 Å². The lowest BCUT2D eigenvalue weighted by Crippen LogP contribution is -2.38. The van der Waals surface area contributed by atoms with Gasteiger partial charge in [0.05, 0.1) is 0 Å². The molecule has 6 nitrogen and oxygen atoms in total. The van der Waals surface area contributed by atoms with Crippen molar-refractivity contribution >= 4 is 17.2 Å². The maximum Gasteiger partial charge on any atom is 0.280 e. The zero-order valence-electron chi connectivity index (χ0n) is 6.61. The largest absolute Gasteiger partial charge is 0.410 e. The molecule has 0 aromatic carbocycles. The Labute approximate surface area is 68.1 Å². The third-order valence-electron chi connectivity index (χ3n) is 1.41. The Kier molecular flexibility index (Phi) is 1.85. The fraction of sp³-hybridized carbons (Fsp3) is 0.500. The van der Waals surface area contributed by atoms with Crippen molar-refractivity contribution in [2.45, 2.75) is 19.6 Å². The van der Waals surface area contributed by atoms with E-state index < -0.39 is 11.6 Å². The molecule has 0 saturated carbocycles. The topological polar surface area (TPSA) is 91.5 Å². The highest BCUT2D eigenvalue weighted by molar-refractivity contribution is 6.68. The number of rotatable bonds is 1. The summed E-state index contributed by atoms with van der Waals surface area (Å²) in [6.45, 7) is 2.45. The van der Waals surface area contributed by atoms with Gasteiger partial charge in [0.2, 0.25) is 0 Å². The van der Waals surface area contributed by atoms with Gasteiger partial charge in [0.25, 0.3) is 5.79 Å². The van der Waals surface area contributed by atoms with Crippen LogP contribution in [0.4, 0.5) is 0 Å². The summed E-state index contributed by atoms with van der Waals surface area (Å²) in [5.41, 5.74) is -0.433. The molecule has 0 amide bonds. The van der Waals surface area contributed by atoms with E-state index in [-0.39, 0.29) is 11.4 Å². The molecule has 0 aromatic heterocycles. The van der Waals surface area contributed by atoms with E-state index >= 15 is 0 Å². The number of carbonyl (C=O) groups is 1. The Bertz CT molecular complexity index is 279. The maximum atomic E-state index is 10.8. The Morgan fingerprint density at radius 2 is 2.33 bits per heavy atom. The maximum absolute atomic E-state index is 10.8. The molecule has 0 spiro atoms. The van der Waals surface area contributed by atoms with Crippen molar-refractivity contribution in [3.05, 3.63) is 0 Å². The number of ketones is 1. The molecule has 0 radical (unpaired) electrons. The van der Waals surface area contributed by atoms with Crippen molar-refractivity contribution < 1.29 is 19.9 Å². The van der Waals surface area contributed by atoms with Gasteiger partial charge in [0.15, 0.2) is 17.2 Å². The molecule has 1 aliphatic rings. The lowest BCUT2D eigenvalue weighted by atomic mass is 10.1. The van der Waals surface area contributed by atoms with Gasteiger partial charge in [0, 0.05) is 13.8 Å². The van der Waals surface area contributed by atoms with E-state index in [9.17, 15) is 9.90 Å². The molecule has 1 aliphatic heterocycles. The summed E-state index contributed by atoms with van der Waals surface area (Å²) in [7, 11) is 0. The van der Waals surface area contributed by atoms with Crippen LogP contribution in [0.2, 0.25) is 0 Å². The van der Waals surface area contributed by atoms with Crippen molar-refractivity contribution in [3.63, 3.8) is 0 Å². The molecule has 0 aromatic rings. The first kappa shape index (κ1) is 8.66. The second-order valence-electron chi connectivity index (χ2n) is 2.52. The molecule has 1 rings (SSSR count). The van der Waals surface area contributed by atoms with Crippen LogP contribution < -0.4 is 0 Å². The molecule has 2 N–H and O–H groups in total. The summed E-state index contributed by atoms with van der Waals surface area (Å²) < 4.78 is 0. The number of carbonyl (C=O) groups excluding carboxylic acids is 1. The monoisotopic (exact) mass is 172 g/mol. The minimum atomic E-state index is -1.81. The first-order valence-electron chi connectivity index (χ1n) is 3.21. The van der Waals surface area contributed by atoms with E-state index in [0.29, 0.717) is 0 Å². The van der Waals surface area contributed by atoms with Crippen LogP contribution >= 0.6 is 0 Å². The van der Waals surface area contributed by atoms with Gasteiger partial charge in [-0.25, -0.2) is 0 Å². The smallest absolute Gasteiger partial charge is 0.280 e. The second kappa shape index (κ2) is 2.56. The van der Waals surface area contributed by atoms with Crippen molar-refractivity contribution in [1.29, 1.82) is 0 Å². The van der Waals surface area contributed by atoms with Crippen molar-refractivity contribution in [1.82, 2.24) is 0 Å². The molecule has 0 aliphatic carbocycles. The van der Waals surface area contributed by atoms with Crippen molar-refractivity contribution in [2.24, 2.45) is 10.3 Å². The second-order valence-corrected chi connectivity index (χ2v) is 2.52. The van der Waals surface area contributed by atoms with Crippen LogP contribution in [0.1, 0.15) is 13.8 Å². The van der Waals surface area contributed by atoms with Crippen LogP contribution in [0, 0.1) is 0 Å². The number of nitrogens with zero attached hydrogens (tertiary/aromatic N) is 2. The molecule has 12 heavy (non-hydrogen) atoms. The molecule has 1 atom stereocenters. The molecule has 1 heterocycles. The Hall–Kier alpha value is -1.43. The van der Waals surface area contributed by atoms with Crippen LogP contribution in [0.15, 0.2) is 10.3 Å². The van der Waals surface area contributed by atoms with Crippen LogP contribution in [-0.2, 0) is 9.63 Å². The third-order valence-corrected chi connectivity index (χ3v) is 1.41. The van der Waals surface area contributed by atoms with Gasteiger partial charge in [-0.05, 0) is 0 Å². The standard InChI is InChI=1S/C6H8N2O4/c1-3(9)4-5(7-11)6(2,10)12-8-4/h10-11H,1-2H3/b7-5+. The lowest BCUT2D eigenvalue weighted by molar-refractivity contribution is -0.127. The van der Waals surface area contributed by atoms with Crippen LogP contribution in [0.25, 0.3) is 0 Å². The molecule has 0 fully saturated rings. The van der Waals surface area contributed by atoms with E-state index in [0.717, 1.165) is 0 Å². The number of aliphatic hydroxyl groups is 1. The zero-order chi connectivity index (χ0) is 9.35. The van der Waals surface area contributed by atoms with Gasteiger partial charge >= 0.3 is 0 Å². The number of hydrogen-bond donors (Lipinski definition) is 2. The van der Waals surface area contributed by atoms with E-state index in [1.165, 1.54) is 13.8 Å². The van der Waals surface area contributed by atoms with Gasteiger partial charge in [-0.3, -0.25) is 4.79 Å². The van der Waals surface area contributed by atoms with Gasteiger partial charge in [-0.15, -0.1) is 0 Å². The fourth-order valence-corrected chi connectivity index (χ4v) is 0.812. The Balaban J connectivity index is 3.04. The summed E-state index contributed by atoms with van der Waals surface area (Å²) in [5.74, 6) is -2.24. The minimum absolute atomic E-state index is 0.164.